The Bertz CT molecular complexity index is 1060. The molecule has 0 amide bonds. The first-order valence-electron chi connectivity index (χ1n) is 10.5. The minimum absolute atomic E-state index is 0.246. The third-order valence-electron chi connectivity index (χ3n) is 5.12. The van der Waals surface area contributed by atoms with Crippen LogP contribution in [0.25, 0.3) is 11.1 Å². The van der Waals surface area contributed by atoms with Crippen LogP contribution in [0.3, 0.4) is 0 Å². The lowest BCUT2D eigenvalue weighted by atomic mass is 9.99. The molecule has 5 heteroatoms. The van der Waals surface area contributed by atoms with E-state index in [1.165, 1.54) is 12.1 Å². The SMILES string of the molecule is [2H]C([2H])(c1ccccc1-c1ccc(F)cc1)N1CCN(c2ccc(C(=O)O)cc2)CC1. The molecule has 0 aromatic heterocycles. The van der Waals surface area contributed by atoms with Crippen molar-refractivity contribution < 1.29 is 17.0 Å². The van der Waals surface area contributed by atoms with Crippen molar-refractivity contribution in [3.8, 4) is 11.1 Å². The van der Waals surface area contributed by atoms with E-state index >= 15 is 0 Å². The average Bonchev–Trinajstić information content (AvgIpc) is 2.80. The molecule has 148 valence electrons. The maximum absolute atomic E-state index is 13.3. The number of carbonyl (C=O) groups is 1. The zero-order valence-electron chi connectivity index (χ0n) is 17.9. The van der Waals surface area contributed by atoms with Gasteiger partial charge in [0.05, 0.1) is 5.56 Å². The quantitative estimate of drug-likeness (QED) is 0.694. The Hall–Kier alpha value is -3.18. The molecule has 0 spiro atoms. The number of nitrogens with zero attached hydrogens (tertiary/aromatic N) is 2. The van der Waals surface area contributed by atoms with Gasteiger partial charge in [0.1, 0.15) is 5.82 Å². The van der Waals surface area contributed by atoms with Gasteiger partial charge in [0.25, 0.3) is 0 Å². The standard InChI is InChI=1S/C24H23FN2O2/c25-21-9-5-18(6-10-21)23-4-2-1-3-20(23)17-26-13-15-27(16-14-26)22-11-7-19(8-12-22)24(28)29/h1-12H,13-17H2,(H,28,29)/i17D2. The van der Waals surface area contributed by atoms with Gasteiger partial charge in [-0.2, -0.15) is 0 Å². The number of halogens is 1. The Balaban J connectivity index is 1.52. The predicted octanol–water partition coefficient (Wildman–Crippen LogP) is 4.51. The maximum atomic E-state index is 13.3. The summed E-state index contributed by atoms with van der Waals surface area (Å²) < 4.78 is 31.1. The topological polar surface area (TPSA) is 43.8 Å². The first kappa shape index (κ1) is 16.7. The van der Waals surface area contributed by atoms with Crippen molar-refractivity contribution in [1.82, 2.24) is 4.90 Å². The highest BCUT2D eigenvalue weighted by atomic mass is 19.1. The summed E-state index contributed by atoms with van der Waals surface area (Å²) >= 11 is 0. The number of hydrogen-bond acceptors (Lipinski definition) is 3. The average molecular weight is 392 g/mol. The Kier molecular flexibility index (Phi) is 4.88. The molecule has 4 rings (SSSR count). The molecule has 1 heterocycles. The molecule has 1 fully saturated rings. The summed E-state index contributed by atoms with van der Waals surface area (Å²) in [5.41, 5.74) is 3.26. The molecule has 1 N–H and O–H groups in total. The number of hydrogen-bond donors (Lipinski definition) is 1. The largest absolute Gasteiger partial charge is 0.478 e. The Morgan fingerprint density at radius 3 is 2.24 bits per heavy atom. The summed E-state index contributed by atoms with van der Waals surface area (Å²) in [4.78, 5) is 15.0. The summed E-state index contributed by atoms with van der Waals surface area (Å²) in [6.45, 7) is 0.608. The Morgan fingerprint density at radius 1 is 0.931 bits per heavy atom. The molecule has 4 nitrogen and oxygen atoms in total. The molecule has 0 aliphatic carbocycles. The maximum Gasteiger partial charge on any atom is 0.335 e. The van der Waals surface area contributed by atoms with Crippen LogP contribution in [0.5, 0.6) is 0 Å². The van der Waals surface area contributed by atoms with Crippen LogP contribution in [0.4, 0.5) is 10.1 Å². The second-order valence-electron chi connectivity index (χ2n) is 6.99. The van der Waals surface area contributed by atoms with Gasteiger partial charge >= 0.3 is 5.97 Å². The fraction of sp³-hybridized carbons (Fsp3) is 0.208. The third-order valence-corrected chi connectivity index (χ3v) is 5.12. The van der Waals surface area contributed by atoms with Crippen LogP contribution in [0.15, 0.2) is 72.8 Å². The minimum Gasteiger partial charge on any atom is -0.478 e. The highest BCUT2D eigenvalue weighted by Gasteiger charge is 2.19. The van der Waals surface area contributed by atoms with Gasteiger partial charge < -0.3 is 10.0 Å². The minimum atomic E-state index is -1.69. The van der Waals surface area contributed by atoms with E-state index in [1.54, 1.807) is 42.5 Å². The lowest BCUT2D eigenvalue weighted by Crippen LogP contribution is -2.46. The first-order chi connectivity index (χ1) is 14.9. The highest BCUT2D eigenvalue weighted by Crippen LogP contribution is 2.26. The fourth-order valence-corrected chi connectivity index (χ4v) is 3.52. The second-order valence-corrected chi connectivity index (χ2v) is 6.99. The zero-order valence-corrected chi connectivity index (χ0v) is 15.9. The number of carboxylic acids is 1. The van der Waals surface area contributed by atoms with Crippen LogP contribution in [0.1, 0.15) is 18.7 Å². The number of benzene rings is 3. The normalized spacial score (nSPS) is 16.2. The van der Waals surface area contributed by atoms with E-state index in [4.69, 9.17) is 7.85 Å². The summed E-state index contributed by atoms with van der Waals surface area (Å²) in [5, 5.41) is 9.06. The summed E-state index contributed by atoms with van der Waals surface area (Å²) in [7, 11) is 0. The predicted molar refractivity (Wildman–Crippen MR) is 113 cm³/mol. The second kappa shape index (κ2) is 8.45. The Labute approximate surface area is 172 Å². The molecule has 0 saturated carbocycles. The van der Waals surface area contributed by atoms with Gasteiger partial charge in [0.15, 0.2) is 0 Å². The lowest BCUT2D eigenvalue weighted by Gasteiger charge is -2.36. The van der Waals surface area contributed by atoms with Crippen molar-refractivity contribution >= 4 is 11.7 Å². The van der Waals surface area contributed by atoms with E-state index in [1.807, 2.05) is 23.1 Å². The monoisotopic (exact) mass is 392 g/mol. The van der Waals surface area contributed by atoms with E-state index < -0.39 is 12.5 Å². The van der Waals surface area contributed by atoms with Crippen LogP contribution in [0, 0.1) is 5.82 Å². The van der Waals surface area contributed by atoms with E-state index in [9.17, 15) is 9.18 Å². The Morgan fingerprint density at radius 2 is 1.59 bits per heavy atom. The number of rotatable bonds is 5. The van der Waals surface area contributed by atoms with E-state index in [0.717, 1.165) is 16.8 Å². The smallest absolute Gasteiger partial charge is 0.335 e. The third kappa shape index (κ3) is 4.46. The van der Waals surface area contributed by atoms with Gasteiger partial charge in [-0.15, -0.1) is 0 Å². The number of anilines is 1. The molecule has 0 atom stereocenters. The molecule has 29 heavy (non-hydrogen) atoms. The molecule has 3 aromatic carbocycles. The summed E-state index contributed by atoms with van der Waals surface area (Å²) in [6, 6.07) is 20.2. The van der Waals surface area contributed by atoms with Crippen molar-refractivity contribution in [1.29, 1.82) is 0 Å². The molecular weight excluding hydrogens is 367 g/mol. The first-order valence-corrected chi connectivity index (χ1v) is 9.55. The molecule has 0 radical (unpaired) electrons. The molecular formula is C24H23FN2O2. The van der Waals surface area contributed by atoms with Crippen LogP contribution < -0.4 is 4.90 Å². The summed E-state index contributed by atoms with van der Waals surface area (Å²) in [5.74, 6) is -1.28. The molecule has 1 saturated heterocycles. The van der Waals surface area contributed by atoms with E-state index in [-0.39, 0.29) is 11.4 Å². The van der Waals surface area contributed by atoms with Gasteiger partial charge in [-0.05, 0) is 53.1 Å². The molecule has 1 aliphatic heterocycles. The lowest BCUT2D eigenvalue weighted by molar-refractivity contribution is 0.0697. The van der Waals surface area contributed by atoms with Crippen molar-refractivity contribution in [2.24, 2.45) is 0 Å². The van der Waals surface area contributed by atoms with Crippen LogP contribution >= 0.6 is 0 Å². The molecule has 3 aromatic rings. The van der Waals surface area contributed by atoms with Gasteiger partial charge in [-0.25, -0.2) is 9.18 Å². The van der Waals surface area contributed by atoms with Crippen LogP contribution in [-0.2, 0) is 6.50 Å². The van der Waals surface area contributed by atoms with Gasteiger partial charge in [-0.1, -0.05) is 36.4 Å². The van der Waals surface area contributed by atoms with E-state index in [2.05, 4.69) is 4.90 Å². The van der Waals surface area contributed by atoms with Crippen LogP contribution in [-0.4, -0.2) is 42.2 Å². The number of piperazine rings is 1. The van der Waals surface area contributed by atoms with Gasteiger partial charge in [-0.3, -0.25) is 4.90 Å². The van der Waals surface area contributed by atoms with Crippen LogP contribution in [0.2, 0.25) is 0 Å². The molecule has 0 bridgehead atoms. The van der Waals surface area contributed by atoms with Crippen molar-refractivity contribution in [2.75, 3.05) is 31.1 Å². The number of carboxylic acid groups (broad SMARTS) is 1. The van der Waals surface area contributed by atoms with Gasteiger partial charge in [0.2, 0.25) is 0 Å². The fourth-order valence-electron chi connectivity index (χ4n) is 3.52. The van der Waals surface area contributed by atoms with Gasteiger partial charge in [0, 0.05) is 41.1 Å². The zero-order chi connectivity index (χ0) is 22.0. The molecule has 0 unspecified atom stereocenters. The van der Waals surface area contributed by atoms with Crippen molar-refractivity contribution in [2.45, 2.75) is 6.50 Å². The summed E-state index contributed by atoms with van der Waals surface area (Å²) in [6.07, 6.45) is 0. The number of aromatic carboxylic acids is 1. The molecule has 1 aliphatic rings. The van der Waals surface area contributed by atoms with E-state index in [0.29, 0.717) is 31.7 Å². The van der Waals surface area contributed by atoms with Crippen molar-refractivity contribution in [3.63, 3.8) is 0 Å². The highest BCUT2D eigenvalue weighted by molar-refractivity contribution is 5.88. The van der Waals surface area contributed by atoms with Crippen molar-refractivity contribution in [3.05, 3.63) is 89.7 Å².